The molecule has 20 heavy (non-hydrogen) atoms. The van der Waals surface area contributed by atoms with Crippen molar-refractivity contribution in [3.63, 3.8) is 0 Å². The lowest BCUT2D eigenvalue weighted by molar-refractivity contribution is 0.393. The van der Waals surface area contributed by atoms with Gasteiger partial charge >= 0.3 is 0 Å². The van der Waals surface area contributed by atoms with E-state index in [1.807, 2.05) is 12.4 Å². The second kappa shape index (κ2) is 6.19. The first-order chi connectivity index (χ1) is 9.88. The number of nitrogens with one attached hydrogen (secondary N) is 1. The Labute approximate surface area is 121 Å². The highest BCUT2D eigenvalue weighted by molar-refractivity contribution is 5.32. The van der Waals surface area contributed by atoms with Crippen molar-refractivity contribution in [2.24, 2.45) is 0 Å². The van der Waals surface area contributed by atoms with Crippen LogP contribution >= 0.6 is 0 Å². The SMILES string of the molecule is CC[C@H](N[C@@H]1CCCc2ccccc21)c1ccncc1. The molecule has 0 spiro atoms. The molecular weight excluding hydrogens is 244 g/mol. The Hall–Kier alpha value is -1.67. The van der Waals surface area contributed by atoms with E-state index in [1.165, 1.54) is 36.0 Å². The maximum Gasteiger partial charge on any atom is 0.0328 e. The molecule has 1 aliphatic rings. The molecule has 0 saturated heterocycles. The first-order valence-corrected chi connectivity index (χ1v) is 7.62. The molecule has 2 atom stereocenters. The molecule has 1 aromatic heterocycles. The molecule has 3 rings (SSSR count). The highest BCUT2D eigenvalue weighted by atomic mass is 15.0. The molecule has 1 heterocycles. The van der Waals surface area contributed by atoms with Gasteiger partial charge in [-0.05, 0) is 54.5 Å². The zero-order valence-electron chi connectivity index (χ0n) is 12.0. The van der Waals surface area contributed by atoms with E-state index in [0.29, 0.717) is 12.1 Å². The number of hydrogen-bond donors (Lipinski definition) is 1. The van der Waals surface area contributed by atoms with Gasteiger partial charge in [0.1, 0.15) is 0 Å². The molecular formula is C18H22N2. The van der Waals surface area contributed by atoms with E-state index in [4.69, 9.17) is 0 Å². The van der Waals surface area contributed by atoms with Gasteiger partial charge in [0.15, 0.2) is 0 Å². The van der Waals surface area contributed by atoms with E-state index < -0.39 is 0 Å². The van der Waals surface area contributed by atoms with Gasteiger partial charge in [-0.1, -0.05) is 31.2 Å². The third kappa shape index (κ3) is 2.75. The monoisotopic (exact) mass is 266 g/mol. The fourth-order valence-electron chi connectivity index (χ4n) is 3.22. The number of aromatic nitrogens is 1. The molecule has 1 aromatic carbocycles. The number of hydrogen-bond acceptors (Lipinski definition) is 2. The Bertz CT molecular complexity index is 550. The molecule has 0 amide bonds. The van der Waals surface area contributed by atoms with E-state index in [0.717, 1.165) is 6.42 Å². The Morgan fingerprint density at radius 3 is 2.80 bits per heavy atom. The van der Waals surface area contributed by atoms with Crippen LogP contribution < -0.4 is 5.32 Å². The lowest BCUT2D eigenvalue weighted by Gasteiger charge is -2.30. The van der Waals surface area contributed by atoms with E-state index in [-0.39, 0.29) is 0 Å². The van der Waals surface area contributed by atoms with E-state index in [2.05, 4.69) is 53.6 Å². The van der Waals surface area contributed by atoms with Crippen LogP contribution in [-0.2, 0) is 6.42 Å². The van der Waals surface area contributed by atoms with Crippen LogP contribution in [0.4, 0.5) is 0 Å². The highest BCUT2D eigenvalue weighted by Crippen LogP contribution is 2.32. The summed E-state index contributed by atoms with van der Waals surface area (Å²) in [6, 6.07) is 14.0. The predicted octanol–water partition coefficient (Wildman–Crippen LogP) is 4.20. The number of rotatable bonds is 4. The topological polar surface area (TPSA) is 24.9 Å². The van der Waals surface area contributed by atoms with Gasteiger partial charge in [-0.15, -0.1) is 0 Å². The summed E-state index contributed by atoms with van der Waals surface area (Å²) in [4.78, 5) is 4.12. The molecule has 0 radical (unpaired) electrons. The molecule has 0 aliphatic heterocycles. The van der Waals surface area contributed by atoms with Crippen LogP contribution in [0.3, 0.4) is 0 Å². The summed E-state index contributed by atoms with van der Waals surface area (Å²) in [5.74, 6) is 0. The number of pyridine rings is 1. The molecule has 2 nitrogen and oxygen atoms in total. The van der Waals surface area contributed by atoms with Crippen LogP contribution in [0.25, 0.3) is 0 Å². The highest BCUT2D eigenvalue weighted by Gasteiger charge is 2.22. The number of benzene rings is 1. The van der Waals surface area contributed by atoms with Gasteiger partial charge in [0.25, 0.3) is 0 Å². The Balaban J connectivity index is 1.81. The standard InChI is InChI=1S/C18H22N2/c1-2-17(15-10-12-19-13-11-15)20-18-9-5-7-14-6-3-4-8-16(14)18/h3-4,6,8,10-13,17-18,20H,2,5,7,9H2,1H3/t17-,18+/m0/s1. The Morgan fingerprint density at radius 2 is 2.00 bits per heavy atom. The van der Waals surface area contributed by atoms with Crippen LogP contribution in [-0.4, -0.2) is 4.98 Å². The van der Waals surface area contributed by atoms with Crippen LogP contribution in [0.1, 0.15) is 55.0 Å². The summed E-state index contributed by atoms with van der Waals surface area (Å²) in [7, 11) is 0. The lowest BCUT2D eigenvalue weighted by Crippen LogP contribution is -2.29. The molecule has 0 saturated carbocycles. The molecule has 1 N–H and O–H groups in total. The average Bonchev–Trinajstić information content (AvgIpc) is 2.53. The average molecular weight is 266 g/mol. The van der Waals surface area contributed by atoms with Crippen molar-refractivity contribution in [3.05, 3.63) is 65.5 Å². The van der Waals surface area contributed by atoms with E-state index in [1.54, 1.807) is 0 Å². The van der Waals surface area contributed by atoms with Crippen LogP contribution in [0, 0.1) is 0 Å². The van der Waals surface area contributed by atoms with Crippen LogP contribution in [0.15, 0.2) is 48.8 Å². The van der Waals surface area contributed by atoms with Crippen molar-refractivity contribution in [3.8, 4) is 0 Å². The summed E-state index contributed by atoms with van der Waals surface area (Å²) in [6.07, 6.45) is 8.60. The van der Waals surface area contributed by atoms with Gasteiger partial charge in [-0.3, -0.25) is 4.98 Å². The third-order valence-corrected chi connectivity index (χ3v) is 4.29. The van der Waals surface area contributed by atoms with Crippen LogP contribution in [0.5, 0.6) is 0 Å². The molecule has 0 fully saturated rings. The van der Waals surface area contributed by atoms with Crippen molar-refractivity contribution < 1.29 is 0 Å². The fourth-order valence-corrected chi connectivity index (χ4v) is 3.22. The van der Waals surface area contributed by atoms with E-state index in [9.17, 15) is 0 Å². The zero-order valence-corrected chi connectivity index (χ0v) is 12.0. The normalized spacial score (nSPS) is 19.4. The molecule has 1 aliphatic carbocycles. The van der Waals surface area contributed by atoms with Crippen molar-refractivity contribution in [2.75, 3.05) is 0 Å². The first kappa shape index (κ1) is 13.3. The fraction of sp³-hybridized carbons (Fsp3) is 0.389. The minimum absolute atomic E-state index is 0.411. The van der Waals surface area contributed by atoms with Gasteiger partial charge in [0, 0.05) is 24.5 Å². The second-order valence-electron chi connectivity index (χ2n) is 5.55. The van der Waals surface area contributed by atoms with Crippen molar-refractivity contribution in [1.29, 1.82) is 0 Å². The zero-order chi connectivity index (χ0) is 13.8. The number of nitrogens with zero attached hydrogens (tertiary/aromatic N) is 1. The van der Waals surface area contributed by atoms with Crippen molar-refractivity contribution in [1.82, 2.24) is 10.3 Å². The predicted molar refractivity (Wildman–Crippen MR) is 82.5 cm³/mol. The summed E-state index contributed by atoms with van der Waals surface area (Å²) >= 11 is 0. The van der Waals surface area contributed by atoms with Gasteiger partial charge < -0.3 is 5.32 Å². The second-order valence-corrected chi connectivity index (χ2v) is 5.55. The Kier molecular flexibility index (Phi) is 4.12. The molecule has 0 unspecified atom stereocenters. The summed E-state index contributed by atoms with van der Waals surface area (Å²) in [6.45, 7) is 2.24. The first-order valence-electron chi connectivity index (χ1n) is 7.62. The third-order valence-electron chi connectivity index (χ3n) is 4.29. The Morgan fingerprint density at radius 1 is 1.20 bits per heavy atom. The summed E-state index contributed by atoms with van der Waals surface area (Å²) < 4.78 is 0. The summed E-state index contributed by atoms with van der Waals surface area (Å²) in [5, 5.41) is 3.85. The minimum atomic E-state index is 0.411. The van der Waals surface area contributed by atoms with Crippen LogP contribution in [0.2, 0.25) is 0 Å². The number of aryl methyl sites for hydroxylation is 1. The molecule has 2 aromatic rings. The minimum Gasteiger partial charge on any atom is -0.303 e. The molecule has 2 heteroatoms. The largest absolute Gasteiger partial charge is 0.303 e. The van der Waals surface area contributed by atoms with Gasteiger partial charge in [-0.25, -0.2) is 0 Å². The van der Waals surface area contributed by atoms with Gasteiger partial charge in [-0.2, -0.15) is 0 Å². The quantitative estimate of drug-likeness (QED) is 0.897. The number of fused-ring (bicyclic) bond motifs is 1. The van der Waals surface area contributed by atoms with Gasteiger partial charge in [0.2, 0.25) is 0 Å². The maximum atomic E-state index is 4.12. The van der Waals surface area contributed by atoms with Crippen molar-refractivity contribution in [2.45, 2.75) is 44.7 Å². The van der Waals surface area contributed by atoms with Gasteiger partial charge in [0.05, 0.1) is 0 Å². The van der Waals surface area contributed by atoms with E-state index >= 15 is 0 Å². The smallest absolute Gasteiger partial charge is 0.0328 e. The van der Waals surface area contributed by atoms with Crippen molar-refractivity contribution >= 4 is 0 Å². The lowest BCUT2D eigenvalue weighted by atomic mass is 9.87. The molecule has 0 bridgehead atoms. The molecule has 104 valence electrons. The summed E-state index contributed by atoms with van der Waals surface area (Å²) in [5.41, 5.74) is 4.35. The maximum absolute atomic E-state index is 4.12.